The Kier molecular flexibility index (Phi) is 6.21. The Balaban J connectivity index is 1.60. The Morgan fingerprint density at radius 2 is 1.68 bits per heavy atom. The molecule has 2 aromatic rings. The maximum absolute atomic E-state index is 12.6. The van der Waals surface area contributed by atoms with Crippen molar-refractivity contribution in [1.29, 1.82) is 0 Å². The molecule has 0 aliphatic carbocycles. The molecule has 0 saturated carbocycles. The van der Waals surface area contributed by atoms with Crippen LogP contribution < -0.4 is 15.0 Å². The molecule has 1 fully saturated rings. The molecule has 1 aliphatic heterocycles. The second-order valence-corrected chi connectivity index (χ2v) is 8.77. The Labute approximate surface area is 166 Å². The van der Waals surface area contributed by atoms with Crippen molar-refractivity contribution >= 4 is 27.3 Å². The molecule has 1 N–H and O–H groups in total. The van der Waals surface area contributed by atoms with Gasteiger partial charge >= 0.3 is 0 Å². The van der Waals surface area contributed by atoms with E-state index in [4.69, 9.17) is 4.74 Å². The first-order valence-corrected chi connectivity index (χ1v) is 10.6. The smallest absolute Gasteiger partial charge is 0.243 e. The predicted molar refractivity (Wildman–Crippen MR) is 109 cm³/mol. The molecule has 0 unspecified atom stereocenters. The predicted octanol–water partition coefficient (Wildman–Crippen LogP) is 2.55. The van der Waals surface area contributed by atoms with Crippen molar-refractivity contribution in [3.8, 4) is 5.75 Å². The zero-order valence-electron chi connectivity index (χ0n) is 16.1. The lowest BCUT2D eigenvalue weighted by molar-refractivity contribution is -0.116. The van der Waals surface area contributed by atoms with Crippen LogP contribution in [0.3, 0.4) is 0 Å². The number of carbonyl (C=O) groups is 1. The summed E-state index contributed by atoms with van der Waals surface area (Å²) in [7, 11) is -0.863. The molecule has 8 heteroatoms. The Hall–Kier alpha value is -2.58. The van der Waals surface area contributed by atoms with E-state index in [2.05, 4.69) is 10.2 Å². The number of ether oxygens (including phenoxy) is 1. The fraction of sp³-hybridized carbons (Fsp3) is 0.350. The van der Waals surface area contributed by atoms with E-state index in [9.17, 15) is 13.2 Å². The van der Waals surface area contributed by atoms with Gasteiger partial charge in [-0.15, -0.1) is 0 Å². The maximum Gasteiger partial charge on any atom is 0.243 e. The molecule has 0 radical (unpaired) electrons. The highest BCUT2D eigenvalue weighted by molar-refractivity contribution is 7.89. The van der Waals surface area contributed by atoms with Gasteiger partial charge in [-0.2, -0.15) is 4.31 Å². The van der Waals surface area contributed by atoms with E-state index < -0.39 is 15.9 Å². The topological polar surface area (TPSA) is 79.0 Å². The molecule has 1 saturated heterocycles. The molecule has 0 atom stereocenters. The van der Waals surface area contributed by atoms with Gasteiger partial charge in [0.2, 0.25) is 15.9 Å². The van der Waals surface area contributed by atoms with Gasteiger partial charge < -0.3 is 15.0 Å². The fourth-order valence-corrected chi connectivity index (χ4v) is 4.27. The van der Waals surface area contributed by atoms with Crippen molar-refractivity contribution in [3.63, 3.8) is 0 Å². The number of methoxy groups -OCH3 is 1. The average molecular weight is 404 g/mol. The lowest BCUT2D eigenvalue weighted by Crippen LogP contribution is -2.34. The number of sulfonamides is 1. The van der Waals surface area contributed by atoms with Gasteiger partial charge in [0.15, 0.2) is 0 Å². The molecular weight excluding hydrogens is 378 g/mol. The first-order valence-electron chi connectivity index (χ1n) is 9.15. The quantitative estimate of drug-likeness (QED) is 0.769. The van der Waals surface area contributed by atoms with Crippen molar-refractivity contribution in [3.05, 3.63) is 48.5 Å². The van der Waals surface area contributed by atoms with Gasteiger partial charge in [0.1, 0.15) is 5.75 Å². The van der Waals surface area contributed by atoms with Crippen LogP contribution in [0.1, 0.15) is 12.8 Å². The third kappa shape index (κ3) is 4.63. The summed E-state index contributed by atoms with van der Waals surface area (Å²) in [6, 6.07) is 13.7. The van der Waals surface area contributed by atoms with Crippen molar-refractivity contribution in [2.45, 2.75) is 17.7 Å². The number of amides is 1. The first kappa shape index (κ1) is 20.2. The highest BCUT2D eigenvalue weighted by Gasteiger charge is 2.23. The summed E-state index contributed by atoms with van der Waals surface area (Å²) in [6.45, 7) is 1.83. The van der Waals surface area contributed by atoms with E-state index in [1.807, 2.05) is 24.3 Å². The van der Waals surface area contributed by atoms with E-state index in [0.29, 0.717) is 11.4 Å². The molecule has 0 spiro atoms. The third-order valence-electron chi connectivity index (χ3n) is 4.76. The van der Waals surface area contributed by atoms with Gasteiger partial charge in [0.05, 0.1) is 18.6 Å². The summed E-state index contributed by atoms with van der Waals surface area (Å²) in [6.07, 6.45) is 2.40. The molecule has 7 nitrogen and oxygen atoms in total. The minimum atomic E-state index is -3.76. The van der Waals surface area contributed by atoms with Gasteiger partial charge in [-0.05, 0) is 61.4 Å². The van der Waals surface area contributed by atoms with Crippen LogP contribution in [0.2, 0.25) is 0 Å². The van der Waals surface area contributed by atoms with Gasteiger partial charge in [-0.3, -0.25) is 4.79 Å². The number of nitrogens with one attached hydrogen (secondary N) is 1. The molecule has 0 bridgehead atoms. The minimum Gasteiger partial charge on any atom is -0.497 e. The Morgan fingerprint density at radius 1 is 1.07 bits per heavy atom. The molecule has 3 rings (SSSR count). The highest BCUT2D eigenvalue weighted by Crippen LogP contribution is 2.22. The number of hydrogen-bond acceptors (Lipinski definition) is 5. The van der Waals surface area contributed by atoms with Crippen LogP contribution in [0.5, 0.6) is 5.75 Å². The van der Waals surface area contributed by atoms with Crippen LogP contribution in [0.25, 0.3) is 0 Å². The molecule has 1 aliphatic rings. The SMILES string of the molecule is COc1ccc(S(=O)(=O)N(C)CC(=O)Nc2ccc(N3CCCC3)cc2)cc1. The molecule has 2 aromatic carbocycles. The lowest BCUT2D eigenvalue weighted by atomic mass is 10.2. The van der Waals surface area contributed by atoms with Crippen LogP contribution in [-0.2, 0) is 14.8 Å². The lowest BCUT2D eigenvalue weighted by Gasteiger charge is -2.19. The van der Waals surface area contributed by atoms with Crippen LogP contribution in [0.4, 0.5) is 11.4 Å². The maximum atomic E-state index is 12.6. The van der Waals surface area contributed by atoms with Crippen LogP contribution in [0.15, 0.2) is 53.4 Å². The first-order chi connectivity index (χ1) is 13.4. The summed E-state index contributed by atoms with van der Waals surface area (Å²) in [5, 5.41) is 2.75. The number of likely N-dealkylation sites (N-methyl/N-ethyl adjacent to an activating group) is 1. The summed E-state index contributed by atoms with van der Waals surface area (Å²) in [5.74, 6) is 0.172. The van der Waals surface area contributed by atoms with Gasteiger partial charge in [0.25, 0.3) is 0 Å². The van der Waals surface area contributed by atoms with Crippen LogP contribution in [-0.4, -0.2) is 52.4 Å². The molecule has 28 heavy (non-hydrogen) atoms. The van der Waals surface area contributed by atoms with Gasteiger partial charge in [-0.25, -0.2) is 8.42 Å². The summed E-state index contributed by atoms with van der Waals surface area (Å²) in [4.78, 5) is 14.7. The van der Waals surface area contributed by atoms with Crippen LogP contribution >= 0.6 is 0 Å². The van der Waals surface area contributed by atoms with E-state index in [0.717, 1.165) is 23.1 Å². The van der Waals surface area contributed by atoms with E-state index in [1.54, 1.807) is 12.1 Å². The van der Waals surface area contributed by atoms with Crippen molar-refractivity contribution < 1.29 is 17.9 Å². The van der Waals surface area contributed by atoms with E-state index in [1.165, 1.54) is 39.1 Å². The molecule has 1 heterocycles. The minimum absolute atomic E-state index is 0.110. The summed E-state index contributed by atoms with van der Waals surface area (Å²) in [5.41, 5.74) is 1.78. The number of benzene rings is 2. The Bertz CT molecular complexity index is 905. The Morgan fingerprint density at radius 3 is 2.25 bits per heavy atom. The van der Waals surface area contributed by atoms with Gasteiger partial charge in [0, 0.05) is 31.5 Å². The molecular formula is C20H25N3O4S. The largest absolute Gasteiger partial charge is 0.497 e. The molecule has 150 valence electrons. The second kappa shape index (κ2) is 8.62. The number of nitrogens with zero attached hydrogens (tertiary/aromatic N) is 2. The van der Waals surface area contributed by atoms with Crippen molar-refractivity contribution in [2.75, 3.05) is 44.0 Å². The second-order valence-electron chi connectivity index (χ2n) is 6.73. The normalized spacial score (nSPS) is 14.3. The fourth-order valence-electron chi connectivity index (χ4n) is 3.15. The number of hydrogen-bond donors (Lipinski definition) is 1. The van der Waals surface area contributed by atoms with Crippen molar-refractivity contribution in [2.24, 2.45) is 0 Å². The van der Waals surface area contributed by atoms with Crippen LogP contribution in [0, 0.1) is 0 Å². The zero-order chi connectivity index (χ0) is 20.1. The van der Waals surface area contributed by atoms with E-state index in [-0.39, 0.29) is 11.4 Å². The highest BCUT2D eigenvalue weighted by atomic mass is 32.2. The van der Waals surface area contributed by atoms with E-state index >= 15 is 0 Å². The number of carbonyl (C=O) groups excluding carboxylic acids is 1. The number of rotatable bonds is 7. The zero-order valence-corrected chi connectivity index (χ0v) is 16.9. The molecule has 1 amide bonds. The van der Waals surface area contributed by atoms with Gasteiger partial charge in [-0.1, -0.05) is 0 Å². The standard InChI is InChI=1S/C20H25N3O4S/c1-22(28(25,26)19-11-9-18(27-2)10-12-19)15-20(24)21-16-5-7-17(8-6-16)23-13-3-4-14-23/h5-12H,3-4,13-15H2,1-2H3,(H,21,24). The summed E-state index contributed by atoms with van der Waals surface area (Å²) < 4.78 is 31.3. The molecule has 0 aromatic heterocycles. The number of anilines is 2. The van der Waals surface area contributed by atoms with Crippen molar-refractivity contribution in [1.82, 2.24) is 4.31 Å². The third-order valence-corrected chi connectivity index (χ3v) is 6.57. The monoisotopic (exact) mass is 403 g/mol. The average Bonchev–Trinajstić information content (AvgIpc) is 3.23. The summed E-state index contributed by atoms with van der Waals surface area (Å²) >= 11 is 0.